The van der Waals surface area contributed by atoms with Gasteiger partial charge in [-0.2, -0.15) is 0 Å². The second kappa shape index (κ2) is 8.80. The van der Waals surface area contributed by atoms with Gasteiger partial charge in [0.2, 0.25) is 0 Å². The van der Waals surface area contributed by atoms with E-state index in [4.69, 9.17) is 0 Å². The molecule has 0 saturated carbocycles. The predicted octanol–water partition coefficient (Wildman–Crippen LogP) is 5.27. The van der Waals surface area contributed by atoms with E-state index in [2.05, 4.69) is 46.7 Å². The molecular formula is C24H21N3OS. The minimum atomic E-state index is -0.0998. The number of carbonyl (C=O) groups is 1. The van der Waals surface area contributed by atoms with Crippen molar-refractivity contribution in [3.05, 3.63) is 103 Å². The van der Waals surface area contributed by atoms with Gasteiger partial charge in [-0.15, -0.1) is 0 Å². The molecule has 1 amide bonds. The van der Waals surface area contributed by atoms with E-state index in [1.807, 2.05) is 59.0 Å². The monoisotopic (exact) mass is 399 g/mol. The Morgan fingerprint density at radius 3 is 2.31 bits per heavy atom. The Morgan fingerprint density at radius 2 is 1.62 bits per heavy atom. The Hall–Kier alpha value is -3.31. The summed E-state index contributed by atoms with van der Waals surface area (Å²) < 4.78 is 1.90. The Morgan fingerprint density at radius 1 is 0.931 bits per heavy atom. The molecule has 4 nitrogen and oxygen atoms in total. The summed E-state index contributed by atoms with van der Waals surface area (Å²) in [5, 5.41) is 2.94. The second-order valence-electron chi connectivity index (χ2n) is 6.60. The number of nitrogens with zero attached hydrogens (tertiary/aromatic N) is 2. The van der Waals surface area contributed by atoms with Gasteiger partial charge in [0.1, 0.15) is 0 Å². The lowest BCUT2D eigenvalue weighted by Gasteiger charge is -2.08. The number of carbonyl (C=O) groups excluding carboxylic acids is 1. The average Bonchev–Trinajstić information content (AvgIpc) is 3.28. The molecule has 2 aromatic carbocycles. The Labute approximate surface area is 174 Å². The lowest BCUT2D eigenvalue weighted by molar-refractivity contribution is 0.0950. The first-order chi connectivity index (χ1) is 14.2. The van der Waals surface area contributed by atoms with Crippen LogP contribution in [0.1, 0.15) is 16.1 Å². The summed E-state index contributed by atoms with van der Waals surface area (Å²) in [6.07, 6.45) is 7.44. The number of aromatic nitrogens is 2. The number of rotatable bonds is 6. The SMILES string of the molecule is CSn1ccc(C(=O)NCc2cc(-c3ccc(-c4ccccc4)cc3)ccn2)c1. The Kier molecular flexibility index (Phi) is 5.77. The molecule has 0 radical (unpaired) electrons. The normalized spacial score (nSPS) is 10.7. The fourth-order valence-corrected chi connectivity index (χ4v) is 3.54. The molecule has 2 aromatic heterocycles. The van der Waals surface area contributed by atoms with Crippen LogP contribution in [0.5, 0.6) is 0 Å². The molecule has 0 aliphatic carbocycles. The molecule has 0 fully saturated rings. The van der Waals surface area contributed by atoms with E-state index in [0.29, 0.717) is 12.1 Å². The van der Waals surface area contributed by atoms with Gasteiger partial charge < -0.3 is 5.32 Å². The summed E-state index contributed by atoms with van der Waals surface area (Å²) in [5.41, 5.74) is 6.06. The predicted molar refractivity (Wildman–Crippen MR) is 120 cm³/mol. The van der Waals surface area contributed by atoms with Gasteiger partial charge in [-0.3, -0.25) is 13.8 Å². The van der Waals surface area contributed by atoms with Crippen molar-refractivity contribution in [2.45, 2.75) is 6.54 Å². The van der Waals surface area contributed by atoms with Crippen molar-refractivity contribution < 1.29 is 4.79 Å². The fraction of sp³-hybridized carbons (Fsp3) is 0.0833. The van der Waals surface area contributed by atoms with E-state index in [1.165, 1.54) is 11.1 Å². The molecule has 1 N–H and O–H groups in total. The van der Waals surface area contributed by atoms with Crippen LogP contribution in [0.3, 0.4) is 0 Å². The molecule has 0 saturated heterocycles. The Bertz CT molecular complexity index is 1100. The van der Waals surface area contributed by atoms with Crippen molar-refractivity contribution >= 4 is 17.9 Å². The van der Waals surface area contributed by atoms with Crippen molar-refractivity contribution in [1.29, 1.82) is 0 Å². The van der Waals surface area contributed by atoms with Gasteiger partial charge in [0, 0.05) is 24.8 Å². The first kappa shape index (κ1) is 19.0. The molecule has 0 aliphatic heterocycles. The van der Waals surface area contributed by atoms with Crippen LogP contribution < -0.4 is 5.32 Å². The number of hydrogen-bond donors (Lipinski definition) is 1. The fourth-order valence-electron chi connectivity index (χ4n) is 3.14. The summed E-state index contributed by atoms with van der Waals surface area (Å²) in [7, 11) is 0. The van der Waals surface area contributed by atoms with Gasteiger partial charge >= 0.3 is 0 Å². The van der Waals surface area contributed by atoms with Crippen LogP contribution in [0.15, 0.2) is 91.4 Å². The molecule has 0 unspecified atom stereocenters. The molecular weight excluding hydrogens is 378 g/mol. The molecule has 0 spiro atoms. The van der Waals surface area contributed by atoms with E-state index in [0.717, 1.165) is 16.8 Å². The number of pyridine rings is 1. The van der Waals surface area contributed by atoms with Crippen molar-refractivity contribution in [2.24, 2.45) is 0 Å². The van der Waals surface area contributed by atoms with E-state index < -0.39 is 0 Å². The Balaban J connectivity index is 1.45. The number of hydrogen-bond acceptors (Lipinski definition) is 3. The average molecular weight is 400 g/mol. The van der Waals surface area contributed by atoms with Crippen LogP contribution in [0, 0.1) is 0 Å². The largest absolute Gasteiger partial charge is 0.346 e. The zero-order valence-electron chi connectivity index (χ0n) is 16.1. The van der Waals surface area contributed by atoms with Gasteiger partial charge in [-0.25, -0.2) is 0 Å². The zero-order valence-corrected chi connectivity index (χ0v) is 16.9. The van der Waals surface area contributed by atoms with Crippen LogP contribution in [-0.2, 0) is 6.54 Å². The van der Waals surface area contributed by atoms with Crippen LogP contribution in [0.25, 0.3) is 22.3 Å². The third kappa shape index (κ3) is 4.58. The van der Waals surface area contributed by atoms with E-state index in [9.17, 15) is 4.79 Å². The van der Waals surface area contributed by atoms with Gasteiger partial charge in [-0.05, 0) is 52.4 Å². The quantitative estimate of drug-likeness (QED) is 0.480. The molecule has 5 heteroatoms. The van der Waals surface area contributed by atoms with Gasteiger partial charge in [-0.1, -0.05) is 54.6 Å². The standard InChI is InChI=1S/C24H21N3OS/c1-29-27-14-12-22(17-27)24(28)26-16-23-15-21(11-13-25-23)20-9-7-19(8-10-20)18-5-3-2-4-6-18/h2-15,17H,16H2,1H3,(H,26,28). The minimum Gasteiger partial charge on any atom is -0.346 e. The second-order valence-corrected chi connectivity index (χ2v) is 7.39. The summed E-state index contributed by atoms with van der Waals surface area (Å²) in [6.45, 7) is 0.388. The molecule has 0 aliphatic rings. The van der Waals surface area contributed by atoms with E-state index in [-0.39, 0.29) is 5.91 Å². The summed E-state index contributed by atoms with van der Waals surface area (Å²) in [6, 6.07) is 24.6. The number of amides is 1. The van der Waals surface area contributed by atoms with Crippen LogP contribution >= 0.6 is 11.9 Å². The summed E-state index contributed by atoms with van der Waals surface area (Å²) >= 11 is 1.54. The molecule has 4 rings (SSSR count). The molecule has 29 heavy (non-hydrogen) atoms. The van der Waals surface area contributed by atoms with E-state index >= 15 is 0 Å². The van der Waals surface area contributed by atoms with Gasteiger partial charge in [0.15, 0.2) is 0 Å². The van der Waals surface area contributed by atoms with Crippen LogP contribution in [0.2, 0.25) is 0 Å². The topological polar surface area (TPSA) is 46.9 Å². The maximum Gasteiger partial charge on any atom is 0.253 e. The number of benzene rings is 2. The summed E-state index contributed by atoms with van der Waals surface area (Å²) in [5.74, 6) is -0.0998. The van der Waals surface area contributed by atoms with Crippen molar-refractivity contribution in [1.82, 2.24) is 14.3 Å². The lowest BCUT2D eigenvalue weighted by Crippen LogP contribution is -2.22. The minimum absolute atomic E-state index is 0.0998. The third-order valence-electron chi connectivity index (χ3n) is 4.71. The van der Waals surface area contributed by atoms with Gasteiger partial charge in [0.25, 0.3) is 5.91 Å². The smallest absolute Gasteiger partial charge is 0.253 e. The van der Waals surface area contributed by atoms with Crippen molar-refractivity contribution in [3.8, 4) is 22.3 Å². The summed E-state index contributed by atoms with van der Waals surface area (Å²) in [4.78, 5) is 16.7. The number of nitrogens with one attached hydrogen (secondary N) is 1. The van der Waals surface area contributed by atoms with Crippen LogP contribution in [0.4, 0.5) is 0 Å². The van der Waals surface area contributed by atoms with Gasteiger partial charge in [0.05, 0.1) is 17.8 Å². The highest BCUT2D eigenvalue weighted by atomic mass is 32.2. The van der Waals surface area contributed by atoms with E-state index in [1.54, 1.807) is 18.1 Å². The maximum absolute atomic E-state index is 12.3. The maximum atomic E-state index is 12.3. The molecule has 0 bridgehead atoms. The van der Waals surface area contributed by atoms with Crippen molar-refractivity contribution in [3.63, 3.8) is 0 Å². The lowest BCUT2D eigenvalue weighted by atomic mass is 10.0. The highest BCUT2D eigenvalue weighted by molar-refractivity contribution is 7.97. The first-order valence-corrected chi connectivity index (χ1v) is 10.5. The zero-order chi connectivity index (χ0) is 20.1. The first-order valence-electron chi connectivity index (χ1n) is 9.34. The third-order valence-corrected chi connectivity index (χ3v) is 5.36. The van der Waals surface area contributed by atoms with Crippen LogP contribution in [-0.4, -0.2) is 21.1 Å². The molecule has 144 valence electrons. The highest BCUT2D eigenvalue weighted by Crippen LogP contribution is 2.25. The van der Waals surface area contributed by atoms with Crippen molar-refractivity contribution in [2.75, 3.05) is 6.26 Å². The molecule has 0 atom stereocenters. The molecule has 2 heterocycles. The highest BCUT2D eigenvalue weighted by Gasteiger charge is 2.08. The molecule has 4 aromatic rings.